The fraction of sp³-hybridized carbons (Fsp3) is 0.261. The maximum Gasteiger partial charge on any atom is 0.336 e. The topological polar surface area (TPSA) is 81.8 Å². The smallest absolute Gasteiger partial charge is 0.336 e. The molecule has 2 N–H and O–H groups in total. The van der Waals surface area contributed by atoms with E-state index in [1.165, 1.54) is 0 Å². The van der Waals surface area contributed by atoms with Gasteiger partial charge >= 0.3 is 5.97 Å². The van der Waals surface area contributed by atoms with Gasteiger partial charge in [0.1, 0.15) is 17.6 Å². The largest absolute Gasteiger partial charge is 0.478 e. The van der Waals surface area contributed by atoms with Gasteiger partial charge in [-0.15, -0.1) is 0 Å². The van der Waals surface area contributed by atoms with Crippen LogP contribution in [-0.2, 0) is 0 Å². The Bertz CT molecular complexity index is 1080. The molecule has 4 rings (SSSR count). The number of benzene rings is 1. The Balaban J connectivity index is 1.73. The van der Waals surface area contributed by atoms with Crippen LogP contribution in [0.25, 0.3) is 11.3 Å². The van der Waals surface area contributed by atoms with Crippen LogP contribution in [-0.4, -0.2) is 58.2 Å². The summed E-state index contributed by atoms with van der Waals surface area (Å²) in [6.07, 6.45) is 1.76. The highest BCUT2D eigenvalue weighted by Gasteiger charge is 2.41. The van der Waals surface area contributed by atoms with Gasteiger partial charge in [0.25, 0.3) is 0 Å². The molecule has 3 heterocycles. The van der Waals surface area contributed by atoms with Crippen LogP contribution in [0.15, 0.2) is 65.2 Å². The van der Waals surface area contributed by atoms with Gasteiger partial charge in [0.2, 0.25) is 0 Å². The molecule has 0 amide bonds. The summed E-state index contributed by atoms with van der Waals surface area (Å²) >= 11 is 5.65. The number of carboxylic acid groups (broad SMARTS) is 1. The number of nitrogens with zero attached hydrogens (tertiary/aromatic N) is 3. The van der Waals surface area contributed by atoms with E-state index in [4.69, 9.17) is 16.6 Å². The molecule has 2 unspecified atom stereocenters. The number of aromatic carboxylic acids is 1. The van der Waals surface area contributed by atoms with E-state index >= 15 is 0 Å². The Morgan fingerprint density at radius 3 is 2.68 bits per heavy atom. The van der Waals surface area contributed by atoms with Crippen LogP contribution in [0.3, 0.4) is 0 Å². The number of likely N-dealkylation sites (N-methyl/N-ethyl adjacent to an activating group) is 1. The molecule has 0 radical (unpaired) electrons. The predicted octanol–water partition coefficient (Wildman–Crippen LogP) is 3.57. The number of furan rings is 1. The zero-order chi connectivity index (χ0) is 22.0. The summed E-state index contributed by atoms with van der Waals surface area (Å²) in [5.41, 5.74) is 1.62. The van der Waals surface area contributed by atoms with Crippen molar-refractivity contribution in [3.05, 3.63) is 77.8 Å². The fourth-order valence-corrected chi connectivity index (χ4v) is 4.14. The first-order valence-corrected chi connectivity index (χ1v) is 10.4. The molecule has 1 aliphatic heterocycles. The minimum Gasteiger partial charge on any atom is -0.478 e. The van der Waals surface area contributed by atoms with Crippen LogP contribution in [0.4, 0.5) is 0 Å². The van der Waals surface area contributed by atoms with Gasteiger partial charge in [-0.05, 0) is 56.6 Å². The number of hydrogen-bond donors (Lipinski definition) is 2. The zero-order valence-electron chi connectivity index (χ0n) is 17.4. The third-order valence-electron chi connectivity index (χ3n) is 5.33. The molecule has 0 bridgehead atoms. The van der Waals surface area contributed by atoms with Crippen molar-refractivity contribution < 1.29 is 14.3 Å². The van der Waals surface area contributed by atoms with E-state index in [1.54, 1.807) is 30.5 Å². The van der Waals surface area contributed by atoms with E-state index in [9.17, 15) is 9.90 Å². The van der Waals surface area contributed by atoms with Crippen molar-refractivity contribution in [1.29, 1.82) is 0 Å². The second kappa shape index (κ2) is 8.87. The number of hydrogen-bond acceptors (Lipinski definition) is 5. The number of carbonyl (C=O) groups is 1. The molecule has 3 aromatic rings. The number of thiocarbonyl (C=S) groups is 1. The summed E-state index contributed by atoms with van der Waals surface area (Å²) in [6, 6.07) is 16.0. The summed E-state index contributed by atoms with van der Waals surface area (Å²) in [6.45, 7) is 1.54. The first-order chi connectivity index (χ1) is 15.0. The fourth-order valence-electron chi connectivity index (χ4n) is 3.80. The molecule has 1 aromatic carbocycles. The molecule has 8 heteroatoms. The molecule has 0 saturated carbocycles. The Hall–Kier alpha value is -3.23. The second-order valence-corrected chi connectivity index (χ2v) is 8.06. The van der Waals surface area contributed by atoms with E-state index in [0.29, 0.717) is 28.7 Å². The van der Waals surface area contributed by atoms with Crippen molar-refractivity contribution >= 4 is 23.3 Å². The first kappa shape index (κ1) is 21.0. The molecule has 1 saturated heterocycles. The van der Waals surface area contributed by atoms with Crippen molar-refractivity contribution in [1.82, 2.24) is 20.1 Å². The van der Waals surface area contributed by atoms with E-state index in [2.05, 4.69) is 20.1 Å². The third kappa shape index (κ3) is 4.30. The summed E-state index contributed by atoms with van der Waals surface area (Å²) in [5, 5.41) is 13.6. The number of carboxylic acids is 1. The molecule has 0 aliphatic carbocycles. The average Bonchev–Trinajstić information content (AvgIpc) is 3.37. The van der Waals surface area contributed by atoms with Crippen LogP contribution in [0.5, 0.6) is 0 Å². The van der Waals surface area contributed by atoms with E-state index in [0.717, 1.165) is 12.2 Å². The predicted molar refractivity (Wildman–Crippen MR) is 122 cm³/mol. The lowest BCUT2D eigenvalue weighted by atomic mass is 10.0. The van der Waals surface area contributed by atoms with E-state index in [1.807, 2.05) is 44.4 Å². The highest BCUT2D eigenvalue weighted by molar-refractivity contribution is 7.80. The van der Waals surface area contributed by atoms with Gasteiger partial charge in [-0.2, -0.15) is 0 Å². The van der Waals surface area contributed by atoms with Gasteiger partial charge < -0.3 is 24.6 Å². The summed E-state index contributed by atoms with van der Waals surface area (Å²) in [7, 11) is 4.04. The van der Waals surface area contributed by atoms with Gasteiger partial charge in [-0.25, -0.2) is 4.79 Å². The van der Waals surface area contributed by atoms with E-state index in [-0.39, 0.29) is 17.6 Å². The van der Waals surface area contributed by atoms with E-state index < -0.39 is 5.97 Å². The lowest BCUT2D eigenvalue weighted by Gasteiger charge is -2.27. The normalized spacial score (nSPS) is 18.4. The van der Waals surface area contributed by atoms with Crippen molar-refractivity contribution in [3.8, 4) is 11.3 Å². The number of nitrogens with one attached hydrogen (secondary N) is 1. The summed E-state index contributed by atoms with van der Waals surface area (Å²) in [4.78, 5) is 20.4. The molecular formula is C23H24N4O3S. The van der Waals surface area contributed by atoms with Crippen LogP contribution >= 0.6 is 12.2 Å². The highest BCUT2D eigenvalue weighted by Crippen LogP contribution is 2.40. The zero-order valence-corrected chi connectivity index (χ0v) is 18.2. The standard InChI is InChI=1S/C23H24N4O3S/c1-26(2)13-14-27-21(20(25-23(27)31)17-9-5-6-12-24-17)19-11-10-18(30-19)15-7-3-4-8-16(15)22(28)29/h3-12,20-21H,13-14H2,1-2H3,(H,25,31)(H,28,29). The number of aromatic nitrogens is 1. The van der Waals surface area contributed by atoms with Gasteiger partial charge in [0.05, 0.1) is 17.3 Å². The van der Waals surface area contributed by atoms with Gasteiger partial charge in [0.15, 0.2) is 5.11 Å². The molecule has 1 aliphatic rings. The highest BCUT2D eigenvalue weighted by atomic mass is 32.1. The molecule has 160 valence electrons. The molecule has 1 fully saturated rings. The molecule has 0 spiro atoms. The number of pyridine rings is 1. The lowest BCUT2D eigenvalue weighted by Crippen LogP contribution is -2.35. The van der Waals surface area contributed by atoms with Crippen LogP contribution in [0.1, 0.15) is 33.9 Å². The van der Waals surface area contributed by atoms with Crippen LogP contribution in [0.2, 0.25) is 0 Å². The van der Waals surface area contributed by atoms with Crippen LogP contribution < -0.4 is 5.32 Å². The van der Waals surface area contributed by atoms with Crippen molar-refractivity contribution in [2.75, 3.05) is 27.2 Å². The van der Waals surface area contributed by atoms with Gasteiger partial charge in [-0.3, -0.25) is 4.98 Å². The minimum atomic E-state index is -0.990. The maximum atomic E-state index is 11.6. The van der Waals surface area contributed by atoms with Gasteiger partial charge in [-0.1, -0.05) is 24.3 Å². The minimum absolute atomic E-state index is 0.176. The second-order valence-electron chi connectivity index (χ2n) is 7.68. The summed E-state index contributed by atoms with van der Waals surface area (Å²) in [5.74, 6) is 0.228. The SMILES string of the molecule is CN(C)CCN1C(=S)NC(c2ccccn2)C1c1ccc(-c2ccccc2C(=O)O)o1. The quantitative estimate of drug-likeness (QED) is 0.544. The monoisotopic (exact) mass is 436 g/mol. The molecule has 31 heavy (non-hydrogen) atoms. The molecular weight excluding hydrogens is 412 g/mol. The molecule has 2 aromatic heterocycles. The molecule has 2 atom stereocenters. The Morgan fingerprint density at radius 1 is 1.19 bits per heavy atom. The lowest BCUT2D eigenvalue weighted by molar-refractivity contribution is 0.0697. The van der Waals surface area contributed by atoms with Gasteiger partial charge in [0, 0.05) is 24.8 Å². The summed E-state index contributed by atoms with van der Waals surface area (Å²) < 4.78 is 6.24. The van der Waals surface area contributed by atoms with Crippen molar-refractivity contribution in [2.24, 2.45) is 0 Å². The first-order valence-electron chi connectivity index (χ1n) is 10.0. The average molecular weight is 437 g/mol. The van der Waals surface area contributed by atoms with Crippen molar-refractivity contribution in [3.63, 3.8) is 0 Å². The van der Waals surface area contributed by atoms with Crippen molar-refractivity contribution in [2.45, 2.75) is 12.1 Å². The Kier molecular flexibility index (Phi) is 6.01. The number of rotatable bonds is 7. The maximum absolute atomic E-state index is 11.6. The van der Waals surface area contributed by atoms with Crippen LogP contribution in [0, 0.1) is 0 Å². The third-order valence-corrected chi connectivity index (χ3v) is 5.68. The Labute approximate surface area is 186 Å². The molecule has 7 nitrogen and oxygen atoms in total. The Morgan fingerprint density at radius 2 is 1.97 bits per heavy atom.